The molecule has 0 aliphatic heterocycles. The van der Waals surface area contributed by atoms with Gasteiger partial charge in [0.15, 0.2) is 11.5 Å². The highest BCUT2D eigenvalue weighted by molar-refractivity contribution is 5.79. The average Bonchev–Trinajstić information content (AvgIpc) is 2.51. The van der Waals surface area contributed by atoms with Crippen molar-refractivity contribution in [3.05, 3.63) is 23.8 Å². The largest absolute Gasteiger partial charge is 0.493 e. The maximum atomic E-state index is 12.2. The second kappa shape index (κ2) is 8.52. The fourth-order valence-electron chi connectivity index (χ4n) is 2.24. The molecule has 0 saturated carbocycles. The summed E-state index contributed by atoms with van der Waals surface area (Å²) in [6.07, 6.45) is 1.75. The number of carbonyl (C=O) groups excluding carboxylic acids is 1. The van der Waals surface area contributed by atoms with E-state index in [-0.39, 0.29) is 17.9 Å². The highest BCUT2D eigenvalue weighted by Gasteiger charge is 2.19. The summed E-state index contributed by atoms with van der Waals surface area (Å²) >= 11 is 0. The summed E-state index contributed by atoms with van der Waals surface area (Å²) in [7, 11) is 3.19. The molecule has 0 radical (unpaired) electrons. The lowest BCUT2D eigenvalue weighted by molar-refractivity contribution is -0.125. The van der Waals surface area contributed by atoms with Crippen LogP contribution in [0.25, 0.3) is 0 Å². The number of hydrogen-bond acceptors (Lipinski definition) is 4. The van der Waals surface area contributed by atoms with Crippen molar-refractivity contribution in [3.63, 3.8) is 0 Å². The molecule has 0 aliphatic rings. The quantitative estimate of drug-likeness (QED) is 0.771. The molecule has 0 aliphatic carbocycles. The second-order valence-corrected chi connectivity index (χ2v) is 5.07. The molecule has 3 N–H and O–H groups in total. The van der Waals surface area contributed by atoms with Crippen LogP contribution in [0.15, 0.2) is 18.2 Å². The zero-order valence-electron chi connectivity index (χ0n) is 13.3. The van der Waals surface area contributed by atoms with E-state index in [1.165, 1.54) is 0 Å². The zero-order valence-corrected chi connectivity index (χ0v) is 13.3. The summed E-state index contributed by atoms with van der Waals surface area (Å²) in [4.78, 5) is 12.2. The molecule has 2 atom stereocenters. The van der Waals surface area contributed by atoms with Gasteiger partial charge in [0, 0.05) is 6.54 Å². The number of nitrogens with one attached hydrogen (secondary N) is 1. The van der Waals surface area contributed by atoms with Gasteiger partial charge in [-0.25, -0.2) is 0 Å². The van der Waals surface area contributed by atoms with Crippen molar-refractivity contribution in [2.24, 2.45) is 11.7 Å². The first-order valence-corrected chi connectivity index (χ1v) is 7.29. The van der Waals surface area contributed by atoms with E-state index in [4.69, 9.17) is 15.2 Å². The van der Waals surface area contributed by atoms with Crippen molar-refractivity contribution in [1.82, 2.24) is 5.32 Å². The van der Waals surface area contributed by atoms with E-state index in [0.29, 0.717) is 18.0 Å². The molecule has 0 fully saturated rings. The SMILES string of the molecule is CCCC(CN)C(=O)NC(C)c1ccc(OC)c(OC)c1. The molecule has 0 heterocycles. The Hall–Kier alpha value is -1.75. The monoisotopic (exact) mass is 294 g/mol. The highest BCUT2D eigenvalue weighted by atomic mass is 16.5. The van der Waals surface area contributed by atoms with Crippen LogP contribution >= 0.6 is 0 Å². The molecule has 1 amide bonds. The predicted octanol–water partition coefficient (Wildman–Crippen LogP) is 2.26. The Morgan fingerprint density at radius 2 is 1.95 bits per heavy atom. The van der Waals surface area contributed by atoms with Gasteiger partial charge in [-0.3, -0.25) is 4.79 Å². The first-order chi connectivity index (χ1) is 10.1. The Bertz CT molecular complexity index is 463. The number of hydrogen-bond donors (Lipinski definition) is 2. The number of carbonyl (C=O) groups is 1. The van der Waals surface area contributed by atoms with Crippen LogP contribution in [0, 0.1) is 5.92 Å². The molecule has 5 heteroatoms. The predicted molar refractivity (Wildman–Crippen MR) is 83.6 cm³/mol. The van der Waals surface area contributed by atoms with E-state index in [9.17, 15) is 4.79 Å². The fourth-order valence-corrected chi connectivity index (χ4v) is 2.24. The summed E-state index contributed by atoms with van der Waals surface area (Å²) in [5.74, 6) is 1.20. The van der Waals surface area contributed by atoms with E-state index in [2.05, 4.69) is 5.32 Å². The number of nitrogens with two attached hydrogens (primary N) is 1. The number of benzene rings is 1. The Labute approximate surface area is 126 Å². The van der Waals surface area contributed by atoms with Gasteiger partial charge in [0.2, 0.25) is 5.91 Å². The van der Waals surface area contributed by atoms with Gasteiger partial charge in [-0.1, -0.05) is 19.4 Å². The van der Waals surface area contributed by atoms with Gasteiger partial charge in [0.1, 0.15) is 0 Å². The Kier molecular flexibility index (Phi) is 7.02. The minimum Gasteiger partial charge on any atom is -0.493 e. The molecular weight excluding hydrogens is 268 g/mol. The van der Waals surface area contributed by atoms with E-state index in [0.717, 1.165) is 18.4 Å². The van der Waals surface area contributed by atoms with Crippen LogP contribution in [0.5, 0.6) is 11.5 Å². The van der Waals surface area contributed by atoms with Gasteiger partial charge in [-0.2, -0.15) is 0 Å². The average molecular weight is 294 g/mol. The van der Waals surface area contributed by atoms with Crippen LogP contribution in [-0.2, 0) is 4.79 Å². The van der Waals surface area contributed by atoms with Gasteiger partial charge < -0.3 is 20.5 Å². The van der Waals surface area contributed by atoms with E-state index in [1.807, 2.05) is 32.0 Å². The van der Waals surface area contributed by atoms with Gasteiger partial charge in [0.05, 0.1) is 26.2 Å². The molecule has 118 valence electrons. The number of methoxy groups -OCH3 is 2. The van der Waals surface area contributed by atoms with Crippen LogP contribution in [0.4, 0.5) is 0 Å². The lowest BCUT2D eigenvalue weighted by Crippen LogP contribution is -2.36. The van der Waals surface area contributed by atoms with Crippen molar-refractivity contribution in [1.29, 1.82) is 0 Å². The molecule has 0 bridgehead atoms. The van der Waals surface area contributed by atoms with E-state index >= 15 is 0 Å². The maximum Gasteiger partial charge on any atom is 0.224 e. The van der Waals surface area contributed by atoms with E-state index < -0.39 is 0 Å². The highest BCUT2D eigenvalue weighted by Crippen LogP contribution is 2.29. The zero-order chi connectivity index (χ0) is 15.8. The molecule has 1 aromatic carbocycles. The second-order valence-electron chi connectivity index (χ2n) is 5.07. The summed E-state index contributed by atoms with van der Waals surface area (Å²) in [6, 6.07) is 5.52. The minimum atomic E-state index is -0.127. The molecule has 0 spiro atoms. The third-order valence-corrected chi connectivity index (χ3v) is 3.56. The van der Waals surface area contributed by atoms with Gasteiger partial charge in [-0.15, -0.1) is 0 Å². The van der Waals surface area contributed by atoms with Crippen molar-refractivity contribution in [2.75, 3.05) is 20.8 Å². The summed E-state index contributed by atoms with van der Waals surface area (Å²) in [5.41, 5.74) is 6.63. The molecule has 0 aromatic heterocycles. The van der Waals surface area contributed by atoms with Crippen molar-refractivity contribution in [3.8, 4) is 11.5 Å². The Balaban J connectivity index is 2.79. The summed E-state index contributed by atoms with van der Waals surface area (Å²) < 4.78 is 10.5. The summed E-state index contributed by atoms with van der Waals surface area (Å²) in [5, 5.41) is 3.01. The molecular formula is C16H26N2O3. The summed E-state index contributed by atoms with van der Waals surface area (Å²) in [6.45, 7) is 4.37. The normalized spacial score (nSPS) is 13.4. The number of rotatable bonds is 8. The van der Waals surface area contributed by atoms with Gasteiger partial charge >= 0.3 is 0 Å². The fraction of sp³-hybridized carbons (Fsp3) is 0.562. The third-order valence-electron chi connectivity index (χ3n) is 3.56. The van der Waals surface area contributed by atoms with Crippen molar-refractivity contribution >= 4 is 5.91 Å². The lowest BCUT2D eigenvalue weighted by Gasteiger charge is -2.20. The Morgan fingerprint density at radius 1 is 1.29 bits per heavy atom. The molecule has 1 aromatic rings. The van der Waals surface area contributed by atoms with Gasteiger partial charge in [-0.05, 0) is 31.0 Å². The van der Waals surface area contributed by atoms with Crippen molar-refractivity contribution < 1.29 is 14.3 Å². The number of ether oxygens (including phenoxy) is 2. The minimum absolute atomic E-state index is 0.00151. The number of amides is 1. The Morgan fingerprint density at radius 3 is 2.48 bits per heavy atom. The first-order valence-electron chi connectivity index (χ1n) is 7.29. The van der Waals surface area contributed by atoms with Crippen LogP contribution < -0.4 is 20.5 Å². The maximum absolute atomic E-state index is 12.2. The van der Waals surface area contributed by atoms with E-state index in [1.54, 1.807) is 14.2 Å². The smallest absolute Gasteiger partial charge is 0.224 e. The molecule has 5 nitrogen and oxygen atoms in total. The lowest BCUT2D eigenvalue weighted by atomic mass is 10.0. The van der Waals surface area contributed by atoms with Crippen LogP contribution in [0.1, 0.15) is 38.3 Å². The molecule has 2 unspecified atom stereocenters. The molecule has 21 heavy (non-hydrogen) atoms. The topological polar surface area (TPSA) is 73.6 Å². The van der Waals surface area contributed by atoms with Crippen LogP contribution in [-0.4, -0.2) is 26.7 Å². The van der Waals surface area contributed by atoms with Crippen molar-refractivity contribution in [2.45, 2.75) is 32.7 Å². The third kappa shape index (κ3) is 4.63. The van der Waals surface area contributed by atoms with Gasteiger partial charge in [0.25, 0.3) is 0 Å². The molecule has 0 saturated heterocycles. The standard InChI is InChI=1S/C16H26N2O3/c1-5-6-13(10-17)16(19)18-11(2)12-7-8-14(20-3)15(9-12)21-4/h7-9,11,13H,5-6,10,17H2,1-4H3,(H,18,19). The molecule has 1 rings (SSSR count). The first kappa shape index (κ1) is 17.3. The van der Waals surface area contributed by atoms with Crippen LogP contribution in [0.3, 0.4) is 0 Å². The van der Waals surface area contributed by atoms with Crippen LogP contribution in [0.2, 0.25) is 0 Å².